The molecular weight excluding hydrogens is 193 g/mol. The summed E-state index contributed by atoms with van der Waals surface area (Å²) in [6.07, 6.45) is 4.75. The van der Waals surface area contributed by atoms with E-state index in [1.165, 1.54) is 0 Å². The predicted molar refractivity (Wildman–Crippen MR) is 52.8 cm³/mol. The summed E-state index contributed by atoms with van der Waals surface area (Å²) in [4.78, 5) is 0. The maximum absolute atomic E-state index is 5.82. The third-order valence-corrected chi connectivity index (χ3v) is 1.91. The molecule has 0 atom stereocenters. The number of rotatable bonds is 1. The number of hydrogen-bond donors (Lipinski definition) is 1. The molecule has 0 aromatic rings. The van der Waals surface area contributed by atoms with Gasteiger partial charge in [-0.15, -0.1) is 0 Å². The smallest absolute Gasteiger partial charge is 0.0918 e. The number of hydrogen-bond acceptors (Lipinski definition) is 1. The standard InChI is InChI=1S/C9H7Cl2N/c1-2-7-8(11)4-3-6(10)5-9(7)12/h2-3,5H,1,12H2. The zero-order chi connectivity index (χ0) is 9.14. The Balaban J connectivity index is 3.33. The van der Waals surface area contributed by atoms with Crippen molar-refractivity contribution in [2.75, 3.05) is 0 Å². The van der Waals surface area contributed by atoms with E-state index in [0.717, 1.165) is 0 Å². The van der Waals surface area contributed by atoms with Gasteiger partial charge in [0.25, 0.3) is 0 Å². The lowest BCUT2D eigenvalue weighted by molar-refractivity contribution is 1.37. The van der Waals surface area contributed by atoms with Crippen LogP contribution in [-0.4, -0.2) is 0 Å². The molecule has 1 nitrogen and oxygen atoms in total. The molecule has 1 rings (SSSR count). The molecule has 12 heavy (non-hydrogen) atoms. The molecule has 0 aromatic carbocycles. The summed E-state index contributed by atoms with van der Waals surface area (Å²) in [5, 5.41) is 0.928. The molecule has 1 aliphatic carbocycles. The highest BCUT2D eigenvalue weighted by Crippen LogP contribution is 2.21. The van der Waals surface area contributed by atoms with Crippen molar-refractivity contribution >= 4 is 23.2 Å². The zero-order valence-electron chi connectivity index (χ0n) is 6.27. The van der Waals surface area contributed by atoms with E-state index < -0.39 is 0 Å². The molecule has 0 aliphatic heterocycles. The van der Waals surface area contributed by atoms with E-state index in [-0.39, 0.29) is 0 Å². The molecule has 1 aliphatic rings. The lowest BCUT2D eigenvalue weighted by Crippen LogP contribution is -1.97. The van der Waals surface area contributed by atoms with E-state index >= 15 is 0 Å². The minimum absolute atomic E-state index is 0.425. The minimum Gasteiger partial charge on any atom is -0.398 e. The third-order valence-electron chi connectivity index (χ3n) is 1.38. The summed E-state index contributed by atoms with van der Waals surface area (Å²) in [5.41, 5.74) is 9.58. The van der Waals surface area contributed by atoms with E-state index in [1.807, 2.05) is 0 Å². The van der Waals surface area contributed by atoms with Gasteiger partial charge in [-0.3, -0.25) is 0 Å². The summed E-state index contributed by atoms with van der Waals surface area (Å²) < 4.78 is 0. The third kappa shape index (κ3) is 1.83. The number of halogens is 2. The van der Waals surface area contributed by atoms with Crippen molar-refractivity contribution in [2.24, 2.45) is 5.73 Å². The highest BCUT2D eigenvalue weighted by Gasteiger charge is 2.04. The van der Waals surface area contributed by atoms with Gasteiger partial charge in [0.15, 0.2) is 0 Å². The Bertz CT molecular complexity index is 342. The van der Waals surface area contributed by atoms with Gasteiger partial charge < -0.3 is 5.73 Å². The second-order valence-corrected chi connectivity index (χ2v) is 3.02. The molecular formula is C9H7Cl2N. The topological polar surface area (TPSA) is 26.0 Å². The summed E-state index contributed by atoms with van der Waals surface area (Å²) >= 11 is 11.5. The largest absolute Gasteiger partial charge is 0.398 e. The molecule has 0 heterocycles. The molecule has 3 heteroatoms. The lowest BCUT2D eigenvalue weighted by atomic mass is 10.2. The fourth-order valence-electron chi connectivity index (χ4n) is 0.812. The maximum Gasteiger partial charge on any atom is 0.0918 e. The van der Waals surface area contributed by atoms with Crippen molar-refractivity contribution < 1.29 is 0 Å². The van der Waals surface area contributed by atoms with Crippen molar-refractivity contribution in [3.8, 4) is 0 Å². The van der Waals surface area contributed by atoms with Gasteiger partial charge in [-0.05, 0) is 6.08 Å². The van der Waals surface area contributed by atoms with Crippen molar-refractivity contribution in [2.45, 2.75) is 0 Å². The van der Waals surface area contributed by atoms with Gasteiger partial charge in [-0.1, -0.05) is 41.6 Å². The Kier molecular flexibility index (Phi) is 2.83. The van der Waals surface area contributed by atoms with Gasteiger partial charge in [0.05, 0.1) is 10.1 Å². The van der Waals surface area contributed by atoms with E-state index in [2.05, 4.69) is 12.3 Å². The van der Waals surface area contributed by atoms with E-state index in [0.29, 0.717) is 21.3 Å². The lowest BCUT2D eigenvalue weighted by Gasteiger charge is -1.99. The molecule has 0 bridgehead atoms. The van der Waals surface area contributed by atoms with Crippen LogP contribution in [0.2, 0.25) is 0 Å². The minimum atomic E-state index is 0.425. The van der Waals surface area contributed by atoms with Crippen LogP contribution in [0, 0.1) is 0 Å². The van der Waals surface area contributed by atoms with Gasteiger partial charge in [-0.2, -0.15) is 0 Å². The molecule has 0 amide bonds. The van der Waals surface area contributed by atoms with Crippen molar-refractivity contribution in [1.29, 1.82) is 0 Å². The second kappa shape index (κ2) is 3.68. The number of allylic oxidation sites excluding steroid dienone is 5. The van der Waals surface area contributed by atoms with E-state index in [9.17, 15) is 0 Å². The summed E-state index contributed by atoms with van der Waals surface area (Å²) in [5.74, 6) is 0. The second-order valence-electron chi connectivity index (χ2n) is 2.21. The van der Waals surface area contributed by atoms with Crippen LogP contribution >= 0.6 is 23.2 Å². The van der Waals surface area contributed by atoms with Crippen LogP contribution in [0.3, 0.4) is 0 Å². The van der Waals surface area contributed by atoms with Crippen LogP contribution in [0.4, 0.5) is 0 Å². The molecule has 0 radical (unpaired) electrons. The highest BCUT2D eigenvalue weighted by atomic mass is 35.5. The predicted octanol–water partition coefficient (Wildman–Crippen LogP) is 2.80. The van der Waals surface area contributed by atoms with Gasteiger partial charge in [0, 0.05) is 17.3 Å². The van der Waals surface area contributed by atoms with E-state index in [4.69, 9.17) is 28.9 Å². The Morgan fingerprint density at radius 2 is 2.17 bits per heavy atom. The summed E-state index contributed by atoms with van der Waals surface area (Å²) in [6.45, 7) is 3.58. The normalized spacial score (nSPS) is 16.8. The van der Waals surface area contributed by atoms with Crippen LogP contribution < -0.4 is 5.73 Å². The molecule has 0 saturated heterocycles. The average molecular weight is 200 g/mol. The maximum atomic E-state index is 5.82. The Hall–Kier alpha value is -0.880. The Morgan fingerprint density at radius 3 is 2.75 bits per heavy atom. The van der Waals surface area contributed by atoms with Crippen LogP contribution in [0.25, 0.3) is 0 Å². The molecule has 0 unspecified atom stereocenters. The van der Waals surface area contributed by atoms with Crippen molar-refractivity contribution in [3.63, 3.8) is 0 Å². The van der Waals surface area contributed by atoms with Gasteiger partial charge in [0.2, 0.25) is 0 Å². The van der Waals surface area contributed by atoms with Crippen LogP contribution in [0.5, 0.6) is 0 Å². The average Bonchev–Trinajstić information content (AvgIpc) is 2.12. The monoisotopic (exact) mass is 199 g/mol. The van der Waals surface area contributed by atoms with Crippen LogP contribution in [-0.2, 0) is 0 Å². The fraction of sp³-hybridized carbons (Fsp3) is 0. The van der Waals surface area contributed by atoms with Gasteiger partial charge in [-0.25, -0.2) is 0 Å². The molecule has 0 aromatic heterocycles. The van der Waals surface area contributed by atoms with Gasteiger partial charge >= 0.3 is 0 Å². The quantitative estimate of drug-likeness (QED) is 0.647. The molecule has 62 valence electrons. The highest BCUT2D eigenvalue weighted by molar-refractivity contribution is 6.33. The Labute approximate surface area is 81.2 Å². The van der Waals surface area contributed by atoms with Crippen LogP contribution in [0.15, 0.2) is 51.9 Å². The summed E-state index contributed by atoms with van der Waals surface area (Å²) in [7, 11) is 0. The summed E-state index contributed by atoms with van der Waals surface area (Å²) in [6, 6.07) is 0. The molecule has 2 N–H and O–H groups in total. The molecule has 0 spiro atoms. The number of nitrogens with two attached hydrogens (primary N) is 1. The first-order valence-corrected chi connectivity index (χ1v) is 4.02. The van der Waals surface area contributed by atoms with Crippen molar-refractivity contribution in [1.82, 2.24) is 0 Å². The Morgan fingerprint density at radius 1 is 1.50 bits per heavy atom. The first-order chi connectivity index (χ1) is 5.65. The molecule has 0 fully saturated rings. The fourth-order valence-corrected chi connectivity index (χ4v) is 1.23. The van der Waals surface area contributed by atoms with Crippen molar-refractivity contribution in [3.05, 3.63) is 51.9 Å². The van der Waals surface area contributed by atoms with Crippen LogP contribution in [0.1, 0.15) is 0 Å². The first kappa shape index (κ1) is 9.21. The molecule has 0 saturated carbocycles. The van der Waals surface area contributed by atoms with Gasteiger partial charge in [0.1, 0.15) is 0 Å². The SMILES string of the molecule is C=CC1=C(N)C=C(Cl)C=C=C1Cl. The zero-order valence-corrected chi connectivity index (χ0v) is 7.78. The first-order valence-electron chi connectivity index (χ1n) is 3.27. The van der Waals surface area contributed by atoms with E-state index in [1.54, 1.807) is 18.2 Å².